The maximum atomic E-state index is 2.66. The number of hydrogen-bond acceptors (Lipinski definition) is 5. The number of hydrogen-bond donors (Lipinski definition) is 0. The maximum Gasteiger partial charge on any atom is 0.254 e. The summed E-state index contributed by atoms with van der Waals surface area (Å²) in [6.45, 7) is 23.3. The lowest BCUT2D eigenvalue weighted by Gasteiger charge is -2.44. The molecule has 0 unspecified atom stereocenters. The van der Waals surface area contributed by atoms with Crippen molar-refractivity contribution in [1.29, 1.82) is 0 Å². The van der Waals surface area contributed by atoms with Crippen molar-refractivity contribution in [3.63, 3.8) is 0 Å². The van der Waals surface area contributed by atoms with E-state index in [1.807, 2.05) is 34.0 Å². The fourth-order valence-corrected chi connectivity index (χ4v) is 14.3. The SMILES string of the molecule is Cc1cc(C(C)(C)C)cc(C)c1N1c2cc(-c3cc4ccccc4s3)ccc2B2c3c1cccc3N(c1c(C)cc(-c3cc4ccccc4s3)cc1C)c1sc3ccc(C(C)(C)C)cc3c12. The Balaban J connectivity index is 1.15. The number of nitrogens with zero attached hydrogens (tertiary/aromatic N) is 2. The summed E-state index contributed by atoms with van der Waals surface area (Å²) in [5, 5.41) is 5.29. The zero-order valence-electron chi connectivity index (χ0n) is 39.5. The van der Waals surface area contributed by atoms with Gasteiger partial charge in [0.05, 0.1) is 16.4 Å². The van der Waals surface area contributed by atoms with E-state index in [0.717, 1.165) is 0 Å². The normalized spacial score (nSPS) is 13.5. The number of anilines is 6. The van der Waals surface area contributed by atoms with E-state index in [1.54, 1.807) is 0 Å². The molecule has 0 N–H and O–H groups in total. The van der Waals surface area contributed by atoms with Crippen molar-refractivity contribution in [3.05, 3.63) is 173 Å². The summed E-state index contributed by atoms with van der Waals surface area (Å²) in [5.41, 5.74) is 20.9. The fourth-order valence-electron chi connectivity index (χ4n) is 11.0. The van der Waals surface area contributed by atoms with Gasteiger partial charge in [-0.25, -0.2) is 0 Å². The van der Waals surface area contributed by atoms with Gasteiger partial charge in [0.1, 0.15) is 0 Å². The quantitative estimate of drug-likeness (QED) is 0.162. The lowest BCUT2D eigenvalue weighted by molar-refractivity contribution is 0.589. The van der Waals surface area contributed by atoms with Crippen LogP contribution in [-0.4, -0.2) is 6.71 Å². The number of benzene rings is 7. The van der Waals surface area contributed by atoms with Gasteiger partial charge in [0, 0.05) is 40.9 Å². The average molecular weight is 909 g/mol. The molecule has 0 fully saturated rings. The van der Waals surface area contributed by atoms with Gasteiger partial charge in [-0.05, 0) is 176 Å². The van der Waals surface area contributed by atoms with Crippen molar-refractivity contribution >= 4 is 121 Å². The molecule has 0 bridgehead atoms. The summed E-state index contributed by atoms with van der Waals surface area (Å²) in [6, 6.07) is 53.8. The van der Waals surface area contributed by atoms with Gasteiger partial charge in [0.15, 0.2) is 0 Å². The Morgan fingerprint density at radius 1 is 0.424 bits per heavy atom. The van der Waals surface area contributed by atoms with Crippen LogP contribution in [0, 0.1) is 27.7 Å². The summed E-state index contributed by atoms with van der Waals surface area (Å²) in [7, 11) is 0. The van der Waals surface area contributed by atoms with Crippen LogP contribution < -0.4 is 26.2 Å². The monoisotopic (exact) mass is 908 g/mol. The minimum absolute atomic E-state index is 0.00469. The van der Waals surface area contributed by atoms with Crippen LogP contribution >= 0.6 is 34.0 Å². The standard InChI is InChI=1S/C60H53BN2S3/c1-34-26-41(53-32-39-17-12-14-21-50(39)65-53)27-35(2)57(34)63-47-19-15-18-46-55(47)61(54-44-33-42(59(5,6)7)23-25-51(44)66-58(54)63)45-24-22-40(52-31-38-16-11-13-20-49(38)64-52)30-48(45)62(46)56-36(3)28-43(29-37(56)4)60(8,9)10/h11-33H,1-10H3. The Hall–Kier alpha value is -5.92. The molecule has 10 aromatic rings. The lowest BCUT2D eigenvalue weighted by Crippen LogP contribution is -2.61. The third-order valence-corrected chi connectivity index (χ3v) is 17.7. The molecular weight excluding hydrogens is 856 g/mol. The average Bonchev–Trinajstić information content (AvgIpc) is 4.02. The highest BCUT2D eigenvalue weighted by atomic mass is 32.1. The fraction of sp³-hybridized carbons (Fsp3) is 0.200. The zero-order valence-corrected chi connectivity index (χ0v) is 41.9. The van der Waals surface area contributed by atoms with Gasteiger partial charge in [-0.1, -0.05) is 120 Å². The van der Waals surface area contributed by atoms with Crippen LogP contribution in [0.15, 0.2) is 140 Å². The van der Waals surface area contributed by atoms with Gasteiger partial charge in [-0.15, -0.1) is 34.0 Å². The van der Waals surface area contributed by atoms with Crippen LogP contribution in [0.4, 0.5) is 33.4 Å². The van der Waals surface area contributed by atoms with E-state index in [-0.39, 0.29) is 17.5 Å². The second-order valence-corrected chi connectivity index (χ2v) is 24.0. The molecule has 2 aliphatic rings. The van der Waals surface area contributed by atoms with E-state index < -0.39 is 0 Å². The highest BCUT2D eigenvalue weighted by Gasteiger charge is 2.46. The summed E-state index contributed by atoms with van der Waals surface area (Å²) >= 11 is 5.73. The first-order chi connectivity index (χ1) is 31.6. The Morgan fingerprint density at radius 2 is 0.985 bits per heavy atom. The molecule has 0 amide bonds. The van der Waals surface area contributed by atoms with Gasteiger partial charge in [-0.3, -0.25) is 0 Å². The van der Waals surface area contributed by atoms with E-state index in [4.69, 9.17) is 0 Å². The minimum atomic E-state index is 0.00469. The van der Waals surface area contributed by atoms with Gasteiger partial charge < -0.3 is 9.80 Å². The van der Waals surface area contributed by atoms with Crippen molar-refractivity contribution in [2.75, 3.05) is 9.80 Å². The van der Waals surface area contributed by atoms with E-state index in [1.165, 1.54) is 134 Å². The molecule has 324 valence electrons. The molecule has 2 aliphatic heterocycles. The van der Waals surface area contributed by atoms with Crippen molar-refractivity contribution < 1.29 is 0 Å². The molecule has 12 rings (SSSR count). The molecular formula is C60H53BN2S3. The van der Waals surface area contributed by atoms with Crippen LogP contribution in [0.1, 0.15) is 74.9 Å². The number of aryl methyl sites for hydroxylation is 4. The second kappa shape index (κ2) is 14.8. The molecule has 0 spiro atoms. The van der Waals surface area contributed by atoms with Gasteiger partial charge in [-0.2, -0.15) is 0 Å². The van der Waals surface area contributed by atoms with E-state index in [0.29, 0.717) is 0 Å². The van der Waals surface area contributed by atoms with Gasteiger partial charge in [0.2, 0.25) is 0 Å². The Kier molecular flexibility index (Phi) is 9.30. The van der Waals surface area contributed by atoms with Crippen LogP contribution in [0.5, 0.6) is 0 Å². The molecule has 0 radical (unpaired) electrons. The molecule has 0 saturated carbocycles. The maximum absolute atomic E-state index is 2.66. The summed E-state index contributed by atoms with van der Waals surface area (Å²) in [5.74, 6) is 0. The lowest BCUT2D eigenvalue weighted by atomic mass is 9.33. The molecule has 6 heteroatoms. The predicted octanol–water partition coefficient (Wildman–Crippen LogP) is 16.6. The van der Waals surface area contributed by atoms with Gasteiger partial charge >= 0.3 is 0 Å². The number of fused-ring (bicyclic) bond motifs is 8. The first-order valence-corrected chi connectivity index (χ1v) is 25.7. The van der Waals surface area contributed by atoms with Crippen molar-refractivity contribution in [2.45, 2.75) is 80.1 Å². The molecule has 7 aromatic carbocycles. The summed E-state index contributed by atoms with van der Waals surface area (Å²) < 4.78 is 3.98. The molecule has 0 aliphatic carbocycles. The Labute approximate surface area is 401 Å². The van der Waals surface area contributed by atoms with E-state index in [9.17, 15) is 0 Å². The summed E-state index contributed by atoms with van der Waals surface area (Å²) in [4.78, 5) is 7.91. The largest absolute Gasteiger partial charge is 0.311 e. The zero-order chi connectivity index (χ0) is 45.6. The van der Waals surface area contributed by atoms with Crippen LogP contribution in [0.25, 0.3) is 51.1 Å². The molecule has 0 saturated heterocycles. The van der Waals surface area contributed by atoms with Crippen LogP contribution in [-0.2, 0) is 10.8 Å². The van der Waals surface area contributed by atoms with Crippen molar-refractivity contribution in [2.24, 2.45) is 0 Å². The van der Waals surface area contributed by atoms with Gasteiger partial charge in [0.25, 0.3) is 6.71 Å². The molecule has 5 heterocycles. The van der Waals surface area contributed by atoms with Crippen LogP contribution in [0.3, 0.4) is 0 Å². The highest BCUT2D eigenvalue weighted by Crippen LogP contribution is 2.52. The minimum Gasteiger partial charge on any atom is -0.311 e. The molecule has 3 aromatic heterocycles. The number of rotatable bonds is 4. The Bertz CT molecular complexity index is 3530. The first kappa shape index (κ1) is 41.5. The Morgan fingerprint density at radius 3 is 1.59 bits per heavy atom. The van der Waals surface area contributed by atoms with E-state index >= 15 is 0 Å². The molecule has 0 atom stereocenters. The van der Waals surface area contributed by atoms with Crippen molar-refractivity contribution in [3.8, 4) is 20.9 Å². The number of thiophene rings is 3. The van der Waals surface area contributed by atoms with Crippen LogP contribution in [0.2, 0.25) is 0 Å². The molecule has 2 nitrogen and oxygen atoms in total. The molecule has 66 heavy (non-hydrogen) atoms. The third kappa shape index (κ3) is 6.39. The van der Waals surface area contributed by atoms with Crippen molar-refractivity contribution in [1.82, 2.24) is 0 Å². The smallest absolute Gasteiger partial charge is 0.254 e. The third-order valence-electron chi connectivity index (χ3n) is 14.2. The highest BCUT2D eigenvalue weighted by molar-refractivity contribution is 7.26. The summed E-state index contributed by atoms with van der Waals surface area (Å²) in [6.07, 6.45) is 0. The first-order valence-electron chi connectivity index (χ1n) is 23.3. The predicted molar refractivity (Wildman–Crippen MR) is 294 cm³/mol. The topological polar surface area (TPSA) is 6.48 Å². The second-order valence-electron chi connectivity index (χ2n) is 20.8. The van der Waals surface area contributed by atoms with E-state index in [2.05, 4.69) is 219 Å².